The van der Waals surface area contributed by atoms with Crippen LogP contribution in [-0.2, 0) is 0 Å². The fourth-order valence-corrected chi connectivity index (χ4v) is 1.74. The number of nitrogens with one attached hydrogen (secondary N) is 1. The second kappa shape index (κ2) is 6.04. The van der Waals surface area contributed by atoms with E-state index in [1.807, 2.05) is 37.3 Å². The Morgan fingerprint density at radius 3 is 3.11 bits per heavy atom. The monoisotopic (exact) mass is 240 g/mol. The smallest absolute Gasteiger partial charge is 0.138 e. The zero-order valence-electron chi connectivity index (χ0n) is 10.4. The van der Waals surface area contributed by atoms with Gasteiger partial charge in [0.15, 0.2) is 0 Å². The lowest BCUT2D eigenvalue weighted by Gasteiger charge is -2.14. The van der Waals surface area contributed by atoms with Crippen LogP contribution in [0.4, 0.5) is 0 Å². The molecule has 0 fully saturated rings. The van der Waals surface area contributed by atoms with Crippen molar-refractivity contribution in [1.29, 1.82) is 0 Å². The lowest BCUT2D eigenvalue weighted by Crippen LogP contribution is -2.29. The van der Waals surface area contributed by atoms with Gasteiger partial charge >= 0.3 is 0 Å². The molecule has 0 aliphatic heterocycles. The molecule has 1 N–H and O–H groups in total. The van der Waals surface area contributed by atoms with E-state index in [1.165, 1.54) is 0 Å². The van der Waals surface area contributed by atoms with Crippen LogP contribution in [0.25, 0.3) is 10.9 Å². The van der Waals surface area contributed by atoms with Crippen LogP contribution in [0.3, 0.4) is 0 Å². The van der Waals surface area contributed by atoms with Crippen molar-refractivity contribution in [2.45, 2.75) is 13.0 Å². The van der Waals surface area contributed by atoms with Gasteiger partial charge in [0.1, 0.15) is 11.9 Å². The normalized spacial score (nSPS) is 12.0. The Kier molecular flexibility index (Phi) is 4.16. The van der Waals surface area contributed by atoms with Crippen molar-refractivity contribution in [3.05, 3.63) is 36.5 Å². The van der Waals surface area contributed by atoms with Gasteiger partial charge in [0.05, 0.1) is 18.3 Å². The van der Waals surface area contributed by atoms with Gasteiger partial charge in [0, 0.05) is 11.9 Å². The highest BCUT2D eigenvalue weighted by molar-refractivity contribution is 5.79. The predicted molar refractivity (Wildman–Crippen MR) is 73.5 cm³/mol. The highest BCUT2D eigenvalue weighted by Crippen LogP contribution is 2.18. The van der Waals surface area contributed by atoms with Gasteiger partial charge in [-0.25, -0.2) is 0 Å². The zero-order chi connectivity index (χ0) is 12.8. The molecule has 1 aromatic carbocycles. The summed E-state index contributed by atoms with van der Waals surface area (Å²) in [6.45, 7) is 3.28. The lowest BCUT2D eigenvalue weighted by molar-refractivity contribution is 0.219. The molecule has 18 heavy (non-hydrogen) atoms. The van der Waals surface area contributed by atoms with Crippen molar-refractivity contribution < 1.29 is 4.74 Å². The van der Waals surface area contributed by atoms with E-state index in [0.29, 0.717) is 6.54 Å². The maximum Gasteiger partial charge on any atom is 0.138 e. The molecule has 0 bridgehead atoms. The van der Waals surface area contributed by atoms with Gasteiger partial charge < -0.3 is 10.1 Å². The predicted octanol–water partition coefficient (Wildman–Crippen LogP) is 2.22. The number of ether oxygens (including phenoxy) is 1. The summed E-state index contributed by atoms with van der Waals surface area (Å²) >= 11 is 0. The Bertz CT molecular complexity index is 560. The first-order chi connectivity index (χ1) is 8.79. The summed E-state index contributed by atoms with van der Waals surface area (Å²) < 4.78 is 5.78. The van der Waals surface area contributed by atoms with E-state index in [0.717, 1.165) is 23.2 Å². The van der Waals surface area contributed by atoms with Crippen LogP contribution in [0.1, 0.15) is 6.92 Å². The third kappa shape index (κ3) is 3.22. The summed E-state index contributed by atoms with van der Waals surface area (Å²) in [7, 11) is 0. The maximum absolute atomic E-state index is 5.78. The van der Waals surface area contributed by atoms with Gasteiger partial charge in [-0.2, -0.15) is 0 Å². The fourth-order valence-electron chi connectivity index (χ4n) is 1.74. The number of terminal acetylenes is 1. The Balaban J connectivity index is 2.01. The molecule has 1 aromatic heterocycles. The Labute approximate surface area is 107 Å². The molecule has 0 saturated heterocycles. The highest BCUT2D eigenvalue weighted by atomic mass is 16.5. The number of rotatable bonds is 5. The van der Waals surface area contributed by atoms with Crippen molar-refractivity contribution in [2.75, 3.05) is 13.1 Å². The first-order valence-electron chi connectivity index (χ1n) is 5.95. The van der Waals surface area contributed by atoms with Gasteiger partial charge in [-0.15, -0.1) is 6.42 Å². The number of para-hydroxylation sites is 1. The molecule has 1 atom stereocenters. The third-order valence-electron chi connectivity index (χ3n) is 2.56. The molecule has 3 nitrogen and oxygen atoms in total. The molecule has 0 amide bonds. The molecule has 1 unspecified atom stereocenters. The highest BCUT2D eigenvalue weighted by Gasteiger charge is 2.04. The minimum absolute atomic E-state index is 0.0568. The standard InChI is InChI=1S/C15H16N2O/c1-3-8-16-10-12(2)18-14-9-13-6-4-5-7-15(13)17-11-14/h1,4-7,9,11-12,16H,8,10H2,2H3. The Hall–Kier alpha value is -2.05. The number of benzene rings is 1. The van der Waals surface area contributed by atoms with Gasteiger partial charge in [-0.1, -0.05) is 24.1 Å². The topological polar surface area (TPSA) is 34.1 Å². The number of hydrogen-bond donors (Lipinski definition) is 1. The Morgan fingerprint density at radius 1 is 1.44 bits per heavy atom. The molecular weight excluding hydrogens is 224 g/mol. The van der Waals surface area contributed by atoms with Crippen molar-refractivity contribution in [1.82, 2.24) is 10.3 Å². The van der Waals surface area contributed by atoms with Crippen LogP contribution in [-0.4, -0.2) is 24.2 Å². The molecule has 3 heteroatoms. The molecule has 0 aliphatic carbocycles. The molecule has 1 heterocycles. The molecule has 0 saturated carbocycles. The summed E-state index contributed by atoms with van der Waals surface area (Å²) in [6, 6.07) is 9.97. The van der Waals surface area contributed by atoms with E-state index in [1.54, 1.807) is 6.20 Å². The number of fused-ring (bicyclic) bond motifs is 1. The summed E-state index contributed by atoms with van der Waals surface area (Å²) in [4.78, 5) is 4.35. The largest absolute Gasteiger partial charge is 0.488 e. The van der Waals surface area contributed by atoms with Crippen LogP contribution < -0.4 is 10.1 Å². The minimum Gasteiger partial charge on any atom is -0.488 e. The van der Waals surface area contributed by atoms with Gasteiger partial charge in [0.2, 0.25) is 0 Å². The van der Waals surface area contributed by atoms with Gasteiger partial charge in [-0.3, -0.25) is 4.98 Å². The van der Waals surface area contributed by atoms with E-state index in [9.17, 15) is 0 Å². The fraction of sp³-hybridized carbons (Fsp3) is 0.267. The van der Waals surface area contributed by atoms with Gasteiger partial charge in [-0.05, 0) is 19.1 Å². The lowest BCUT2D eigenvalue weighted by atomic mass is 10.2. The minimum atomic E-state index is 0.0568. The van der Waals surface area contributed by atoms with E-state index in [4.69, 9.17) is 11.2 Å². The average Bonchev–Trinajstić information content (AvgIpc) is 2.39. The molecule has 2 aromatic rings. The van der Waals surface area contributed by atoms with E-state index in [2.05, 4.69) is 16.2 Å². The molecular formula is C15H16N2O. The molecule has 2 rings (SSSR count). The van der Waals surface area contributed by atoms with Crippen molar-refractivity contribution in [3.8, 4) is 18.1 Å². The first-order valence-corrected chi connectivity index (χ1v) is 5.95. The van der Waals surface area contributed by atoms with Crippen LogP contribution in [0, 0.1) is 12.3 Å². The van der Waals surface area contributed by atoms with Crippen molar-refractivity contribution in [3.63, 3.8) is 0 Å². The van der Waals surface area contributed by atoms with Crippen LogP contribution in [0.2, 0.25) is 0 Å². The van der Waals surface area contributed by atoms with E-state index >= 15 is 0 Å². The first kappa shape index (κ1) is 12.4. The SMILES string of the molecule is C#CCNCC(C)Oc1cnc2ccccc2c1. The quantitative estimate of drug-likeness (QED) is 0.643. The zero-order valence-corrected chi connectivity index (χ0v) is 10.4. The van der Waals surface area contributed by atoms with Crippen molar-refractivity contribution >= 4 is 10.9 Å². The Morgan fingerprint density at radius 2 is 2.28 bits per heavy atom. The molecule has 0 radical (unpaired) electrons. The van der Waals surface area contributed by atoms with Crippen LogP contribution >= 0.6 is 0 Å². The van der Waals surface area contributed by atoms with E-state index in [-0.39, 0.29) is 6.10 Å². The van der Waals surface area contributed by atoms with Crippen LogP contribution in [0.5, 0.6) is 5.75 Å². The second-order valence-electron chi connectivity index (χ2n) is 4.13. The third-order valence-corrected chi connectivity index (χ3v) is 2.56. The number of aromatic nitrogens is 1. The van der Waals surface area contributed by atoms with Gasteiger partial charge in [0.25, 0.3) is 0 Å². The maximum atomic E-state index is 5.78. The van der Waals surface area contributed by atoms with Crippen LogP contribution in [0.15, 0.2) is 36.5 Å². The molecule has 0 spiro atoms. The average molecular weight is 240 g/mol. The molecule has 0 aliphatic rings. The second-order valence-corrected chi connectivity index (χ2v) is 4.13. The number of hydrogen-bond acceptors (Lipinski definition) is 3. The summed E-state index contributed by atoms with van der Waals surface area (Å²) in [5, 5.41) is 4.19. The van der Waals surface area contributed by atoms with Crippen molar-refractivity contribution in [2.24, 2.45) is 0 Å². The number of nitrogens with zero attached hydrogens (tertiary/aromatic N) is 1. The summed E-state index contributed by atoms with van der Waals surface area (Å²) in [6.07, 6.45) is 6.97. The van der Waals surface area contributed by atoms with E-state index < -0.39 is 0 Å². The number of pyridine rings is 1. The molecule has 92 valence electrons. The summed E-state index contributed by atoms with van der Waals surface area (Å²) in [5.74, 6) is 3.31. The summed E-state index contributed by atoms with van der Waals surface area (Å²) in [5.41, 5.74) is 0.975.